The highest BCUT2D eigenvalue weighted by Gasteiger charge is 2.25. The fourth-order valence-electron chi connectivity index (χ4n) is 1.88. The van der Waals surface area contributed by atoms with Gasteiger partial charge < -0.3 is 5.32 Å². The molecule has 0 spiro atoms. The summed E-state index contributed by atoms with van der Waals surface area (Å²) < 4.78 is 0.374. The van der Waals surface area contributed by atoms with Gasteiger partial charge in [-0.3, -0.25) is 0 Å². The van der Waals surface area contributed by atoms with Gasteiger partial charge in [-0.05, 0) is 32.9 Å². The van der Waals surface area contributed by atoms with Gasteiger partial charge in [0.1, 0.15) is 0 Å². The number of thioether (sulfide) groups is 1. The van der Waals surface area contributed by atoms with Gasteiger partial charge in [0.25, 0.3) is 0 Å². The molecule has 1 atom stereocenters. The molecule has 0 saturated carbocycles. The highest BCUT2D eigenvalue weighted by Crippen LogP contribution is 2.30. The quantitative estimate of drug-likeness (QED) is 0.811. The summed E-state index contributed by atoms with van der Waals surface area (Å²) in [4.78, 5) is 4.54. The standard InChI is InChI=1S/C13H24N2S2/c1-6-13(7-2,16-5)9-14-10(3)12-8-17-11(4)15-12/h8,10,14H,6-7,9H2,1-5H3. The van der Waals surface area contributed by atoms with Crippen molar-refractivity contribution in [3.05, 3.63) is 16.1 Å². The Hall–Kier alpha value is -0.0600. The molecule has 0 fully saturated rings. The van der Waals surface area contributed by atoms with Crippen molar-refractivity contribution >= 4 is 23.1 Å². The van der Waals surface area contributed by atoms with Crippen LogP contribution >= 0.6 is 23.1 Å². The van der Waals surface area contributed by atoms with Gasteiger partial charge in [0.15, 0.2) is 0 Å². The third kappa shape index (κ3) is 3.97. The maximum absolute atomic E-state index is 4.54. The minimum Gasteiger partial charge on any atom is -0.307 e. The molecule has 1 aromatic heterocycles. The summed E-state index contributed by atoms with van der Waals surface area (Å²) in [5.74, 6) is 0. The number of aryl methyl sites for hydroxylation is 1. The molecule has 0 radical (unpaired) electrons. The number of thiazole rings is 1. The zero-order chi connectivity index (χ0) is 12.9. The van der Waals surface area contributed by atoms with Crippen LogP contribution in [0.4, 0.5) is 0 Å². The smallest absolute Gasteiger partial charge is 0.0898 e. The van der Waals surface area contributed by atoms with Crippen molar-refractivity contribution in [2.45, 2.75) is 51.3 Å². The summed E-state index contributed by atoms with van der Waals surface area (Å²) in [5, 5.41) is 6.94. The number of hydrogen-bond donors (Lipinski definition) is 1. The maximum atomic E-state index is 4.54. The average Bonchev–Trinajstić information content (AvgIpc) is 2.78. The molecule has 0 aliphatic carbocycles. The summed E-state index contributed by atoms with van der Waals surface area (Å²) in [7, 11) is 0. The van der Waals surface area contributed by atoms with Crippen molar-refractivity contribution in [1.29, 1.82) is 0 Å². The summed E-state index contributed by atoms with van der Waals surface area (Å²) in [6.07, 6.45) is 4.63. The van der Waals surface area contributed by atoms with Crippen LogP contribution in [0.15, 0.2) is 5.38 Å². The Morgan fingerprint density at radius 2 is 2.12 bits per heavy atom. The Kier molecular flexibility index (Phi) is 5.97. The molecule has 1 N–H and O–H groups in total. The number of nitrogens with one attached hydrogen (secondary N) is 1. The molecule has 0 aliphatic heterocycles. The molecule has 1 aromatic rings. The largest absolute Gasteiger partial charge is 0.307 e. The maximum Gasteiger partial charge on any atom is 0.0898 e. The third-order valence-corrected chi connectivity index (χ3v) is 5.91. The van der Waals surface area contributed by atoms with E-state index in [0.717, 1.165) is 11.6 Å². The summed E-state index contributed by atoms with van der Waals surface area (Å²) in [6, 6.07) is 0.351. The SMILES string of the molecule is CCC(CC)(CNC(C)c1csc(C)n1)SC. The van der Waals surface area contributed by atoms with Crippen LogP contribution in [0, 0.1) is 6.92 Å². The van der Waals surface area contributed by atoms with Crippen molar-refractivity contribution in [2.24, 2.45) is 0 Å². The normalized spacial score (nSPS) is 13.9. The highest BCUT2D eigenvalue weighted by molar-refractivity contribution is 8.00. The van der Waals surface area contributed by atoms with E-state index >= 15 is 0 Å². The van der Waals surface area contributed by atoms with Crippen LogP contribution in [0.2, 0.25) is 0 Å². The minimum atomic E-state index is 0.351. The number of rotatable bonds is 7. The van der Waals surface area contributed by atoms with Crippen molar-refractivity contribution in [3.8, 4) is 0 Å². The molecular weight excluding hydrogens is 248 g/mol. The van der Waals surface area contributed by atoms with E-state index in [4.69, 9.17) is 0 Å². The Morgan fingerprint density at radius 3 is 2.53 bits per heavy atom. The molecule has 0 amide bonds. The van der Waals surface area contributed by atoms with Crippen molar-refractivity contribution in [1.82, 2.24) is 10.3 Å². The first-order valence-electron chi connectivity index (χ1n) is 6.27. The molecule has 17 heavy (non-hydrogen) atoms. The van der Waals surface area contributed by atoms with Crippen LogP contribution in [0.3, 0.4) is 0 Å². The van der Waals surface area contributed by atoms with Crippen LogP contribution in [0.1, 0.15) is 50.4 Å². The average molecular weight is 272 g/mol. The monoisotopic (exact) mass is 272 g/mol. The van der Waals surface area contributed by atoms with E-state index in [-0.39, 0.29) is 0 Å². The van der Waals surface area contributed by atoms with Crippen LogP contribution in [-0.2, 0) is 0 Å². The molecule has 0 aliphatic rings. The second-order valence-electron chi connectivity index (χ2n) is 4.49. The lowest BCUT2D eigenvalue weighted by Gasteiger charge is -2.31. The van der Waals surface area contributed by atoms with Crippen LogP contribution in [0.5, 0.6) is 0 Å². The molecule has 1 rings (SSSR count). The Balaban J connectivity index is 2.55. The second kappa shape index (κ2) is 6.76. The lowest BCUT2D eigenvalue weighted by Crippen LogP contribution is -2.37. The molecule has 1 heterocycles. The zero-order valence-electron chi connectivity index (χ0n) is 11.5. The van der Waals surface area contributed by atoms with Gasteiger partial charge in [0, 0.05) is 22.7 Å². The van der Waals surface area contributed by atoms with E-state index in [9.17, 15) is 0 Å². The summed E-state index contributed by atoms with van der Waals surface area (Å²) in [6.45, 7) is 9.87. The van der Waals surface area contributed by atoms with Gasteiger partial charge >= 0.3 is 0 Å². The van der Waals surface area contributed by atoms with E-state index < -0.39 is 0 Å². The van der Waals surface area contributed by atoms with Crippen LogP contribution < -0.4 is 5.32 Å². The molecule has 0 saturated heterocycles. The predicted octanol–water partition coefficient (Wildman–Crippen LogP) is 4.02. The van der Waals surface area contributed by atoms with Crippen molar-refractivity contribution in [2.75, 3.05) is 12.8 Å². The van der Waals surface area contributed by atoms with Gasteiger partial charge in [0.05, 0.1) is 10.7 Å². The van der Waals surface area contributed by atoms with Crippen molar-refractivity contribution in [3.63, 3.8) is 0 Å². The fourth-order valence-corrected chi connectivity index (χ4v) is 3.39. The first-order chi connectivity index (χ1) is 8.06. The Labute approximate surface area is 114 Å². The third-order valence-electron chi connectivity index (χ3n) is 3.53. The molecular formula is C13H24N2S2. The van der Waals surface area contributed by atoms with Crippen molar-refractivity contribution < 1.29 is 0 Å². The van der Waals surface area contributed by atoms with Gasteiger partial charge in [0.2, 0.25) is 0 Å². The van der Waals surface area contributed by atoms with Crippen LogP contribution in [-0.4, -0.2) is 22.5 Å². The molecule has 4 heteroatoms. The molecule has 0 bridgehead atoms. The van der Waals surface area contributed by atoms with E-state index in [0.29, 0.717) is 10.8 Å². The van der Waals surface area contributed by atoms with Gasteiger partial charge in [-0.2, -0.15) is 11.8 Å². The van der Waals surface area contributed by atoms with E-state index in [1.807, 2.05) is 11.8 Å². The van der Waals surface area contributed by atoms with Crippen LogP contribution in [0.25, 0.3) is 0 Å². The lowest BCUT2D eigenvalue weighted by atomic mass is 10.0. The highest BCUT2D eigenvalue weighted by atomic mass is 32.2. The first-order valence-corrected chi connectivity index (χ1v) is 8.38. The second-order valence-corrected chi connectivity index (χ2v) is 6.82. The summed E-state index contributed by atoms with van der Waals surface area (Å²) >= 11 is 3.71. The predicted molar refractivity (Wildman–Crippen MR) is 80.1 cm³/mol. The topological polar surface area (TPSA) is 24.9 Å². The van der Waals surface area contributed by atoms with Gasteiger partial charge in [-0.25, -0.2) is 4.98 Å². The Morgan fingerprint density at radius 1 is 1.47 bits per heavy atom. The number of aromatic nitrogens is 1. The number of hydrogen-bond acceptors (Lipinski definition) is 4. The van der Waals surface area contributed by atoms with E-state index in [2.05, 4.69) is 49.6 Å². The van der Waals surface area contributed by atoms with Gasteiger partial charge in [-0.15, -0.1) is 11.3 Å². The number of nitrogens with zero attached hydrogens (tertiary/aromatic N) is 1. The fraction of sp³-hybridized carbons (Fsp3) is 0.769. The van der Waals surface area contributed by atoms with Gasteiger partial charge in [-0.1, -0.05) is 13.8 Å². The summed E-state index contributed by atoms with van der Waals surface area (Å²) in [5.41, 5.74) is 1.18. The molecule has 98 valence electrons. The Bertz CT molecular complexity index is 324. The molecule has 2 nitrogen and oxygen atoms in total. The molecule has 0 aromatic carbocycles. The van der Waals surface area contributed by atoms with E-state index in [1.165, 1.54) is 18.5 Å². The van der Waals surface area contributed by atoms with E-state index in [1.54, 1.807) is 11.3 Å². The lowest BCUT2D eigenvalue weighted by molar-refractivity contribution is 0.456. The first kappa shape index (κ1) is 15.0. The minimum absolute atomic E-state index is 0.351. The molecule has 1 unspecified atom stereocenters. The zero-order valence-corrected chi connectivity index (χ0v) is 13.2.